The van der Waals surface area contributed by atoms with Crippen molar-refractivity contribution in [3.63, 3.8) is 0 Å². The van der Waals surface area contributed by atoms with Gasteiger partial charge in [-0.2, -0.15) is 0 Å². The first-order valence-electron chi connectivity index (χ1n) is 11.7. The molecule has 5 rings (SSSR count). The van der Waals surface area contributed by atoms with Gasteiger partial charge in [0.15, 0.2) is 0 Å². The molecule has 8 heteroatoms. The van der Waals surface area contributed by atoms with Crippen molar-refractivity contribution in [2.75, 3.05) is 13.1 Å². The summed E-state index contributed by atoms with van der Waals surface area (Å²) in [4.78, 5) is 12.8. The number of aromatic nitrogens is 3. The van der Waals surface area contributed by atoms with Crippen LogP contribution >= 0.6 is 0 Å². The Kier molecular flexibility index (Phi) is 7.02. The lowest BCUT2D eigenvalue weighted by Crippen LogP contribution is -2.52. The largest absolute Gasteiger partial charge is 0.530 e. The third-order valence-corrected chi connectivity index (χ3v) is 6.32. The summed E-state index contributed by atoms with van der Waals surface area (Å²) in [5, 5.41) is 22.4. The smallest absolute Gasteiger partial charge is 0.137 e. The molecular weight excluding hydrogens is 444 g/mol. The van der Waals surface area contributed by atoms with E-state index in [1.54, 1.807) is 4.68 Å². The summed E-state index contributed by atoms with van der Waals surface area (Å²) in [6.07, 6.45) is 0.852. The molecule has 1 fully saturated rings. The molecule has 4 aromatic rings. The molecule has 1 aromatic heterocycles. The normalized spacial score (nSPS) is 18.1. The molecule has 0 spiro atoms. The van der Waals surface area contributed by atoms with Crippen molar-refractivity contribution < 1.29 is 19.4 Å². The van der Waals surface area contributed by atoms with Crippen LogP contribution in [-0.2, 0) is 29.3 Å². The summed E-state index contributed by atoms with van der Waals surface area (Å²) in [5.41, 5.74) is 2.84. The van der Waals surface area contributed by atoms with E-state index in [4.69, 9.17) is 9.47 Å². The lowest BCUT2D eigenvalue weighted by atomic mass is 10.0. The number of fused-ring (bicyclic) bond motifs is 1. The van der Waals surface area contributed by atoms with Crippen molar-refractivity contribution in [1.29, 1.82) is 0 Å². The van der Waals surface area contributed by atoms with Crippen LogP contribution in [0.25, 0.3) is 10.8 Å². The molecule has 1 saturated heterocycles. The molecule has 8 nitrogen and oxygen atoms in total. The molecule has 3 aromatic carbocycles. The predicted molar refractivity (Wildman–Crippen MR) is 128 cm³/mol. The van der Waals surface area contributed by atoms with Gasteiger partial charge in [-0.3, -0.25) is 0 Å². The number of likely N-dealkylation sites (tertiary alicyclic amines) is 1. The zero-order valence-electron chi connectivity index (χ0n) is 19.3. The lowest BCUT2D eigenvalue weighted by Gasteiger charge is -2.39. The second kappa shape index (κ2) is 10.7. The zero-order valence-corrected chi connectivity index (χ0v) is 19.3. The Labute approximate surface area is 203 Å². The molecule has 0 N–H and O–H groups in total. The van der Waals surface area contributed by atoms with Gasteiger partial charge in [0.1, 0.15) is 11.8 Å². The summed E-state index contributed by atoms with van der Waals surface area (Å²) < 4.78 is 13.8. The number of carbonyl (C=O) groups is 1. The fourth-order valence-corrected chi connectivity index (χ4v) is 4.46. The number of rotatable bonds is 8. The number of piperidine rings is 1. The third kappa shape index (κ3) is 5.67. The Bertz CT molecular complexity index is 1280. The highest BCUT2D eigenvalue weighted by molar-refractivity contribution is 5.82. The van der Waals surface area contributed by atoms with E-state index in [2.05, 4.69) is 34.6 Å². The fourth-order valence-electron chi connectivity index (χ4n) is 4.46. The molecule has 2 heterocycles. The summed E-state index contributed by atoms with van der Waals surface area (Å²) in [5.74, 6) is 0. The molecule has 1 amide bonds. The first kappa shape index (κ1) is 23.0. The molecule has 2 atom stereocenters. The first-order valence-corrected chi connectivity index (χ1v) is 11.7. The molecule has 0 saturated carbocycles. The minimum Gasteiger partial charge on any atom is -0.530 e. The molecule has 180 valence electrons. The van der Waals surface area contributed by atoms with Crippen LogP contribution < -0.4 is 5.11 Å². The van der Waals surface area contributed by atoms with E-state index < -0.39 is 6.09 Å². The number of hydrogen-bond donors (Lipinski definition) is 0. The van der Waals surface area contributed by atoms with Crippen molar-refractivity contribution >= 4 is 16.9 Å². The minimum atomic E-state index is -1.18. The lowest BCUT2D eigenvalue weighted by molar-refractivity contribution is -0.269. The van der Waals surface area contributed by atoms with Gasteiger partial charge in [-0.05, 0) is 34.4 Å². The summed E-state index contributed by atoms with van der Waals surface area (Å²) >= 11 is 0. The van der Waals surface area contributed by atoms with E-state index in [0.29, 0.717) is 32.8 Å². The Morgan fingerprint density at radius 2 is 1.74 bits per heavy atom. The highest BCUT2D eigenvalue weighted by Crippen LogP contribution is 2.26. The van der Waals surface area contributed by atoms with Gasteiger partial charge in [-0.15, -0.1) is 5.10 Å². The third-order valence-electron chi connectivity index (χ3n) is 6.32. The molecule has 0 aliphatic carbocycles. The van der Waals surface area contributed by atoms with Crippen LogP contribution in [0.1, 0.15) is 29.3 Å². The SMILES string of the molecule is O=C([O-])N1CCC(n2cc(COCc3ccccc3)nn2)C(OCc2ccc3ccccc3c2)C1. The van der Waals surface area contributed by atoms with Crippen LogP contribution in [0, 0.1) is 0 Å². The second-order valence-corrected chi connectivity index (χ2v) is 8.77. The van der Waals surface area contributed by atoms with Crippen LogP contribution in [-0.4, -0.2) is 45.2 Å². The molecule has 2 unspecified atom stereocenters. The molecule has 35 heavy (non-hydrogen) atoms. The van der Waals surface area contributed by atoms with Gasteiger partial charge in [0.05, 0.1) is 38.2 Å². The highest BCUT2D eigenvalue weighted by Gasteiger charge is 2.32. The Hall–Kier alpha value is -3.75. The maximum Gasteiger partial charge on any atom is 0.137 e. The van der Waals surface area contributed by atoms with E-state index in [1.165, 1.54) is 10.3 Å². The van der Waals surface area contributed by atoms with Crippen LogP contribution in [0.4, 0.5) is 4.79 Å². The van der Waals surface area contributed by atoms with Gasteiger partial charge in [-0.25, -0.2) is 4.68 Å². The van der Waals surface area contributed by atoms with Crippen molar-refractivity contribution in [2.45, 2.75) is 38.4 Å². The van der Waals surface area contributed by atoms with Gasteiger partial charge in [-0.1, -0.05) is 71.9 Å². The maximum absolute atomic E-state index is 11.5. The van der Waals surface area contributed by atoms with Gasteiger partial charge >= 0.3 is 0 Å². The Balaban J connectivity index is 1.25. The number of hydrogen-bond acceptors (Lipinski definition) is 6. The number of carboxylic acid groups (broad SMARTS) is 1. The van der Waals surface area contributed by atoms with Gasteiger partial charge in [0.25, 0.3) is 0 Å². The fraction of sp³-hybridized carbons (Fsp3) is 0.296. The molecular formula is C27H27N4O4-. The zero-order chi connectivity index (χ0) is 24.0. The molecule has 1 aliphatic heterocycles. The Morgan fingerprint density at radius 3 is 2.57 bits per heavy atom. The van der Waals surface area contributed by atoms with E-state index >= 15 is 0 Å². The number of ether oxygens (including phenoxy) is 2. The average molecular weight is 472 g/mol. The monoisotopic (exact) mass is 471 g/mol. The van der Waals surface area contributed by atoms with Crippen LogP contribution in [0.5, 0.6) is 0 Å². The molecule has 1 aliphatic rings. The van der Waals surface area contributed by atoms with E-state index in [9.17, 15) is 9.90 Å². The predicted octanol–water partition coefficient (Wildman–Crippen LogP) is 3.32. The topological polar surface area (TPSA) is 92.5 Å². The van der Waals surface area contributed by atoms with Crippen molar-refractivity contribution in [3.05, 3.63) is 95.8 Å². The first-order chi connectivity index (χ1) is 17.2. The van der Waals surface area contributed by atoms with Gasteiger partial charge in [0, 0.05) is 13.1 Å². The Morgan fingerprint density at radius 1 is 0.943 bits per heavy atom. The van der Waals surface area contributed by atoms with E-state index in [-0.39, 0.29) is 18.7 Å². The van der Waals surface area contributed by atoms with Gasteiger partial charge in [0.2, 0.25) is 0 Å². The van der Waals surface area contributed by atoms with E-state index in [0.717, 1.165) is 22.2 Å². The summed E-state index contributed by atoms with van der Waals surface area (Å²) in [6.45, 7) is 1.79. The summed E-state index contributed by atoms with van der Waals surface area (Å²) in [6, 6.07) is 24.2. The number of benzene rings is 3. The minimum absolute atomic E-state index is 0.138. The highest BCUT2D eigenvalue weighted by atomic mass is 16.5. The molecule has 0 radical (unpaired) electrons. The summed E-state index contributed by atoms with van der Waals surface area (Å²) in [7, 11) is 0. The van der Waals surface area contributed by atoms with Crippen LogP contribution in [0.3, 0.4) is 0 Å². The maximum atomic E-state index is 11.5. The van der Waals surface area contributed by atoms with Crippen LogP contribution in [0.15, 0.2) is 79.0 Å². The number of carbonyl (C=O) groups excluding carboxylic acids is 1. The average Bonchev–Trinajstić information content (AvgIpc) is 3.36. The second-order valence-electron chi connectivity index (χ2n) is 8.77. The van der Waals surface area contributed by atoms with Crippen molar-refractivity contribution in [1.82, 2.24) is 19.9 Å². The van der Waals surface area contributed by atoms with Crippen molar-refractivity contribution in [2.24, 2.45) is 0 Å². The number of nitrogens with zero attached hydrogens (tertiary/aromatic N) is 4. The van der Waals surface area contributed by atoms with Crippen LogP contribution in [0.2, 0.25) is 0 Å². The van der Waals surface area contributed by atoms with Crippen molar-refractivity contribution in [3.8, 4) is 0 Å². The quantitative estimate of drug-likeness (QED) is 0.391. The van der Waals surface area contributed by atoms with Gasteiger partial charge < -0.3 is 24.3 Å². The molecule has 0 bridgehead atoms. The van der Waals surface area contributed by atoms with E-state index in [1.807, 2.05) is 54.7 Å². The standard InChI is InChI=1S/C27H28N4O4/c32-27(33)30-13-12-25(31-15-24(28-29-31)19-34-17-20-6-2-1-3-7-20)26(16-30)35-18-21-10-11-22-8-4-5-9-23(22)14-21/h1-11,14-15,25-26H,12-13,16-19H2,(H,32,33)/p-1. The number of amides is 1.